The van der Waals surface area contributed by atoms with E-state index in [-0.39, 0.29) is 0 Å². The van der Waals surface area contributed by atoms with Crippen molar-refractivity contribution >= 4 is 46.7 Å². The molecule has 0 saturated carbocycles. The van der Waals surface area contributed by atoms with Gasteiger partial charge in [-0.3, -0.25) is 4.98 Å². The van der Waals surface area contributed by atoms with Gasteiger partial charge in [-0.1, -0.05) is 6.07 Å². The van der Waals surface area contributed by atoms with Crippen LogP contribution in [0, 0.1) is 0 Å². The van der Waals surface area contributed by atoms with Gasteiger partial charge in [0.2, 0.25) is 0 Å². The zero-order valence-electron chi connectivity index (χ0n) is 15.5. The predicted molar refractivity (Wildman–Crippen MR) is 120 cm³/mol. The molecular formula is C21H13N9. The topological polar surface area (TPSA) is 112 Å². The maximum Gasteiger partial charge on any atom is 0.156 e. The van der Waals surface area contributed by atoms with Crippen LogP contribution >= 0.6 is 0 Å². The number of rotatable bonds is 0. The first-order valence-electron chi connectivity index (χ1n) is 9.07. The van der Waals surface area contributed by atoms with Gasteiger partial charge in [0.1, 0.15) is 0 Å². The molecule has 0 radical (unpaired) electrons. The third-order valence-corrected chi connectivity index (χ3v) is 3.93. The SMILES string of the molecule is C1=C/C2=N/C3=NC(=N\C4=NC(=N\C5=NC(=N\C1=N2)/C=C5)/C=C4)/C=C3.c1ccncc1. The molecule has 6 heterocycles. The van der Waals surface area contributed by atoms with E-state index in [0.29, 0.717) is 46.7 Å². The molecule has 9 nitrogen and oxygen atoms in total. The summed E-state index contributed by atoms with van der Waals surface area (Å²) < 4.78 is 0. The molecule has 0 spiro atoms. The Morgan fingerprint density at radius 3 is 0.667 bits per heavy atom. The second-order valence-electron chi connectivity index (χ2n) is 6.12. The summed E-state index contributed by atoms with van der Waals surface area (Å²) in [5.74, 6) is 4.30. The van der Waals surface area contributed by atoms with Gasteiger partial charge in [-0.2, -0.15) is 0 Å². The van der Waals surface area contributed by atoms with Crippen LogP contribution in [0.1, 0.15) is 0 Å². The molecule has 5 aliphatic rings. The lowest BCUT2D eigenvalue weighted by molar-refractivity contribution is 1.33. The molecule has 9 heteroatoms. The lowest BCUT2D eigenvalue weighted by atomic mass is 10.4. The zero-order chi connectivity index (χ0) is 20.2. The monoisotopic (exact) mass is 391 g/mol. The summed E-state index contributed by atoms with van der Waals surface area (Å²) in [6, 6.07) is 5.72. The van der Waals surface area contributed by atoms with Gasteiger partial charge < -0.3 is 0 Å². The third-order valence-electron chi connectivity index (χ3n) is 3.93. The fourth-order valence-electron chi connectivity index (χ4n) is 2.64. The molecule has 0 aliphatic carbocycles. The Bertz CT molecular complexity index is 1050. The fourth-order valence-corrected chi connectivity index (χ4v) is 2.64. The second-order valence-corrected chi connectivity index (χ2v) is 6.12. The molecule has 0 unspecified atom stereocenters. The second kappa shape index (κ2) is 7.84. The Hall–Kier alpha value is -4.53. The van der Waals surface area contributed by atoms with Crippen LogP contribution < -0.4 is 0 Å². The van der Waals surface area contributed by atoms with Crippen LogP contribution in [-0.2, 0) is 0 Å². The van der Waals surface area contributed by atoms with Crippen molar-refractivity contribution in [3.05, 3.63) is 79.2 Å². The first kappa shape index (κ1) is 17.6. The molecule has 0 aromatic carbocycles. The molecule has 0 amide bonds. The number of amidine groups is 8. The summed E-state index contributed by atoms with van der Waals surface area (Å²) in [6.07, 6.45) is 17.7. The number of aromatic nitrogens is 1. The van der Waals surface area contributed by atoms with Crippen LogP contribution in [0.4, 0.5) is 0 Å². The molecule has 142 valence electrons. The molecule has 30 heavy (non-hydrogen) atoms. The predicted octanol–water partition coefficient (Wildman–Crippen LogP) is 2.55. The summed E-state index contributed by atoms with van der Waals surface area (Å²) in [5, 5.41) is 0. The molecule has 0 fully saturated rings. The smallest absolute Gasteiger partial charge is 0.156 e. The van der Waals surface area contributed by atoms with Crippen molar-refractivity contribution < 1.29 is 0 Å². The standard InChI is InChI=1S/C16H8N8.C5H5N/c1-2-10-17-9(1)21-11-3-4-13(18-11)23-15-7-8-16(20-15)24-14-6-5-12(19-14)22-10;1-2-4-6-5-3-1/h1-8H;1-5H/b21-9-,21-11?,22-10?,22-12-,23-13-,23-15?,24-14?,24-16-;. The molecule has 1 aromatic rings. The first-order chi connectivity index (χ1) is 14.8. The van der Waals surface area contributed by atoms with E-state index >= 15 is 0 Å². The number of hydrogen-bond donors (Lipinski definition) is 0. The minimum absolute atomic E-state index is 0.538. The highest BCUT2D eigenvalue weighted by molar-refractivity contribution is 6.28. The average molecular weight is 391 g/mol. The van der Waals surface area contributed by atoms with Crippen LogP contribution in [-0.4, -0.2) is 51.7 Å². The number of pyridine rings is 1. The van der Waals surface area contributed by atoms with E-state index in [1.807, 2.05) is 18.2 Å². The Labute approximate surface area is 171 Å². The number of fused-ring (bicyclic) bond motifs is 4. The van der Waals surface area contributed by atoms with Crippen molar-refractivity contribution in [3.63, 3.8) is 0 Å². The summed E-state index contributed by atoms with van der Waals surface area (Å²) in [7, 11) is 0. The van der Waals surface area contributed by atoms with Crippen molar-refractivity contribution in [1.82, 2.24) is 4.98 Å². The van der Waals surface area contributed by atoms with Crippen molar-refractivity contribution in [1.29, 1.82) is 0 Å². The summed E-state index contributed by atoms with van der Waals surface area (Å²) in [6.45, 7) is 0. The highest BCUT2D eigenvalue weighted by Crippen LogP contribution is 2.10. The Morgan fingerprint density at radius 2 is 0.533 bits per heavy atom. The minimum atomic E-state index is 0.538. The fraction of sp³-hybridized carbons (Fsp3) is 0. The Morgan fingerprint density at radius 1 is 0.300 bits per heavy atom. The number of nitrogens with zero attached hydrogens (tertiary/aromatic N) is 9. The van der Waals surface area contributed by atoms with Gasteiger partial charge in [-0.15, -0.1) is 0 Å². The molecule has 0 N–H and O–H groups in total. The van der Waals surface area contributed by atoms with E-state index < -0.39 is 0 Å². The summed E-state index contributed by atoms with van der Waals surface area (Å²) >= 11 is 0. The van der Waals surface area contributed by atoms with Gasteiger partial charge in [0.15, 0.2) is 46.7 Å². The average Bonchev–Trinajstić information content (AvgIpc) is 3.56. The molecule has 5 aliphatic heterocycles. The van der Waals surface area contributed by atoms with E-state index in [4.69, 9.17) is 0 Å². The number of aliphatic imine (C=N–C) groups is 8. The largest absolute Gasteiger partial charge is 0.265 e. The van der Waals surface area contributed by atoms with Gasteiger partial charge in [-0.25, -0.2) is 39.9 Å². The van der Waals surface area contributed by atoms with Crippen molar-refractivity contribution in [2.24, 2.45) is 39.9 Å². The van der Waals surface area contributed by atoms with Crippen molar-refractivity contribution in [2.45, 2.75) is 0 Å². The van der Waals surface area contributed by atoms with Gasteiger partial charge in [-0.05, 0) is 60.7 Å². The highest BCUT2D eigenvalue weighted by atomic mass is 15.1. The molecule has 1 aromatic heterocycles. The Kier molecular flexibility index (Phi) is 4.59. The van der Waals surface area contributed by atoms with Gasteiger partial charge in [0.05, 0.1) is 0 Å². The normalized spacial score (nSPS) is 26.7. The van der Waals surface area contributed by atoms with Gasteiger partial charge in [0, 0.05) is 12.4 Å². The van der Waals surface area contributed by atoms with E-state index in [0.717, 1.165) is 0 Å². The highest BCUT2D eigenvalue weighted by Gasteiger charge is 2.13. The van der Waals surface area contributed by atoms with E-state index in [2.05, 4.69) is 44.9 Å². The minimum Gasteiger partial charge on any atom is -0.265 e. The quantitative estimate of drug-likeness (QED) is 0.665. The lowest BCUT2D eigenvalue weighted by Gasteiger charge is -1.92. The van der Waals surface area contributed by atoms with Crippen LogP contribution in [0.3, 0.4) is 0 Å². The van der Waals surface area contributed by atoms with Crippen molar-refractivity contribution in [3.8, 4) is 0 Å². The maximum atomic E-state index is 4.37. The van der Waals surface area contributed by atoms with E-state index in [9.17, 15) is 0 Å². The van der Waals surface area contributed by atoms with E-state index in [1.165, 1.54) is 0 Å². The molecule has 0 atom stereocenters. The molecule has 8 bridgehead atoms. The van der Waals surface area contributed by atoms with Crippen LogP contribution in [0.25, 0.3) is 0 Å². The van der Waals surface area contributed by atoms with Crippen LogP contribution in [0.5, 0.6) is 0 Å². The van der Waals surface area contributed by atoms with Crippen molar-refractivity contribution in [2.75, 3.05) is 0 Å². The summed E-state index contributed by atoms with van der Waals surface area (Å²) in [5.41, 5.74) is 0. The summed E-state index contributed by atoms with van der Waals surface area (Å²) in [4.78, 5) is 38.6. The third kappa shape index (κ3) is 4.14. The van der Waals surface area contributed by atoms with Gasteiger partial charge in [0.25, 0.3) is 0 Å². The van der Waals surface area contributed by atoms with Gasteiger partial charge >= 0.3 is 0 Å². The lowest BCUT2D eigenvalue weighted by Crippen LogP contribution is -1.98. The van der Waals surface area contributed by atoms with E-state index in [1.54, 1.807) is 61.0 Å². The number of hydrogen-bond acceptors (Lipinski definition) is 9. The molecule has 0 saturated heterocycles. The first-order valence-corrected chi connectivity index (χ1v) is 9.07. The molecular weight excluding hydrogens is 378 g/mol. The Balaban J connectivity index is 0.000000279. The maximum absolute atomic E-state index is 4.37. The molecule has 6 rings (SSSR count). The zero-order valence-corrected chi connectivity index (χ0v) is 15.5. The van der Waals surface area contributed by atoms with Crippen LogP contribution in [0.15, 0.2) is 119 Å². The van der Waals surface area contributed by atoms with Crippen LogP contribution in [0.2, 0.25) is 0 Å².